The first-order chi connectivity index (χ1) is 14.9. The molecule has 0 unspecified atom stereocenters. The summed E-state index contributed by atoms with van der Waals surface area (Å²) >= 11 is 0. The van der Waals surface area contributed by atoms with Crippen LogP contribution in [0, 0.1) is 18.8 Å². The Balaban J connectivity index is 1.66. The number of amides is 1. The minimum Gasteiger partial charge on any atom is -0.398 e. The topological polar surface area (TPSA) is 105 Å². The summed E-state index contributed by atoms with van der Waals surface area (Å²) in [4.78, 5) is 25.3. The van der Waals surface area contributed by atoms with Crippen molar-refractivity contribution in [3.63, 3.8) is 0 Å². The van der Waals surface area contributed by atoms with E-state index in [0.717, 1.165) is 39.6 Å². The molecule has 7 heteroatoms. The summed E-state index contributed by atoms with van der Waals surface area (Å²) in [6.07, 6.45) is 8.08. The predicted octanol–water partition coefficient (Wildman–Crippen LogP) is 4.28. The maximum absolute atomic E-state index is 12.5. The summed E-state index contributed by atoms with van der Waals surface area (Å²) in [5.41, 5.74) is 11.1. The largest absolute Gasteiger partial charge is 0.398 e. The van der Waals surface area contributed by atoms with Gasteiger partial charge in [-0.25, -0.2) is 4.98 Å². The highest BCUT2D eigenvalue weighted by Crippen LogP contribution is 2.38. The highest BCUT2D eigenvalue weighted by molar-refractivity contribution is 6.01. The van der Waals surface area contributed by atoms with Crippen LogP contribution in [-0.4, -0.2) is 35.2 Å². The number of hydrogen-bond donors (Lipinski definition) is 3. The fourth-order valence-electron chi connectivity index (χ4n) is 3.87. The number of anilines is 3. The molecule has 1 saturated carbocycles. The molecule has 1 aliphatic rings. The highest BCUT2D eigenvalue weighted by atomic mass is 16.2. The molecule has 0 spiro atoms. The number of hydrogen-bond acceptors (Lipinski definition) is 6. The predicted molar refractivity (Wildman–Crippen MR) is 128 cm³/mol. The minimum absolute atomic E-state index is 0.0200. The third-order valence-electron chi connectivity index (χ3n) is 5.61. The molecule has 2 atom stereocenters. The van der Waals surface area contributed by atoms with Gasteiger partial charge < -0.3 is 21.4 Å². The Hall–Kier alpha value is -3.48. The average molecular weight is 417 g/mol. The van der Waals surface area contributed by atoms with Crippen molar-refractivity contribution in [3.8, 4) is 11.1 Å². The molecule has 31 heavy (non-hydrogen) atoms. The van der Waals surface area contributed by atoms with Crippen molar-refractivity contribution in [2.24, 2.45) is 16.8 Å². The Morgan fingerprint density at radius 2 is 2.06 bits per heavy atom. The molecule has 0 saturated heterocycles. The van der Waals surface area contributed by atoms with Crippen molar-refractivity contribution in [2.45, 2.75) is 33.2 Å². The maximum Gasteiger partial charge on any atom is 0.229 e. The zero-order chi connectivity index (χ0) is 22.1. The van der Waals surface area contributed by atoms with Crippen molar-refractivity contribution in [2.75, 3.05) is 23.4 Å². The van der Waals surface area contributed by atoms with Crippen LogP contribution < -0.4 is 16.4 Å². The first-order valence-corrected chi connectivity index (χ1v) is 10.5. The molecule has 1 fully saturated rings. The van der Waals surface area contributed by atoms with Gasteiger partial charge in [-0.15, -0.1) is 0 Å². The van der Waals surface area contributed by atoms with E-state index in [4.69, 9.17) is 5.73 Å². The third-order valence-corrected chi connectivity index (χ3v) is 5.61. The van der Waals surface area contributed by atoms with Gasteiger partial charge in [-0.05, 0) is 61.9 Å². The third kappa shape index (κ3) is 4.35. The van der Waals surface area contributed by atoms with Crippen LogP contribution in [0.15, 0.2) is 41.8 Å². The number of benzene rings is 1. The van der Waals surface area contributed by atoms with Crippen molar-refractivity contribution in [1.29, 1.82) is 0 Å². The van der Waals surface area contributed by atoms with Gasteiger partial charge in [0.15, 0.2) is 0 Å². The number of fused-ring (bicyclic) bond motifs is 1. The van der Waals surface area contributed by atoms with E-state index in [9.17, 15) is 4.79 Å². The Labute approximate surface area is 182 Å². The Kier molecular flexibility index (Phi) is 5.59. The standard InChI is InChI=1S/C24H28N6O/c1-13(2)29-22-12-27-10-19(14(22)3)15-5-16-8-23(28-11-20(16)21(25)7-15)30-24(31)18-6-17(18)9-26-4/h5,7-13,17-18,29H,6,25H2,1-4H3,(H,28,30,31)/t17-,18+/m1/s1. The van der Waals surface area contributed by atoms with Crippen molar-refractivity contribution < 1.29 is 4.79 Å². The van der Waals surface area contributed by atoms with Gasteiger partial charge in [0.2, 0.25) is 5.91 Å². The number of pyridine rings is 2. The summed E-state index contributed by atoms with van der Waals surface area (Å²) in [7, 11) is 1.73. The first kappa shape index (κ1) is 20.8. The van der Waals surface area contributed by atoms with Gasteiger partial charge in [0.25, 0.3) is 0 Å². The van der Waals surface area contributed by atoms with Crippen LogP contribution in [0.5, 0.6) is 0 Å². The Morgan fingerprint density at radius 1 is 1.26 bits per heavy atom. The molecule has 4 rings (SSSR count). The summed E-state index contributed by atoms with van der Waals surface area (Å²) < 4.78 is 0. The minimum atomic E-state index is -0.0254. The van der Waals surface area contributed by atoms with E-state index in [-0.39, 0.29) is 17.7 Å². The molecule has 1 aromatic carbocycles. The average Bonchev–Trinajstić information content (AvgIpc) is 3.49. The molecule has 0 aliphatic heterocycles. The van der Waals surface area contributed by atoms with Crippen LogP contribution >= 0.6 is 0 Å². The molecule has 2 heterocycles. The molecule has 160 valence electrons. The number of aromatic nitrogens is 2. The molecular weight excluding hydrogens is 388 g/mol. The number of aliphatic imine (C=N–C) groups is 1. The zero-order valence-electron chi connectivity index (χ0n) is 18.3. The van der Waals surface area contributed by atoms with E-state index in [1.54, 1.807) is 13.2 Å². The smallest absolute Gasteiger partial charge is 0.229 e. The molecule has 0 radical (unpaired) electrons. The molecule has 1 aliphatic carbocycles. The number of nitrogens with zero attached hydrogens (tertiary/aromatic N) is 3. The second-order valence-corrected chi connectivity index (χ2v) is 8.42. The summed E-state index contributed by atoms with van der Waals surface area (Å²) in [6, 6.07) is 6.20. The van der Waals surface area contributed by atoms with E-state index in [0.29, 0.717) is 17.5 Å². The van der Waals surface area contributed by atoms with Gasteiger partial charge in [0.05, 0.1) is 11.9 Å². The van der Waals surface area contributed by atoms with E-state index in [2.05, 4.69) is 52.4 Å². The van der Waals surface area contributed by atoms with Gasteiger partial charge in [-0.1, -0.05) is 0 Å². The SMILES string of the molecule is CN=C[C@H]1C[C@@H]1C(=O)Nc1cc2cc(-c3cncc(NC(C)C)c3C)cc(N)c2cn1. The van der Waals surface area contributed by atoms with Crippen LogP contribution in [0.2, 0.25) is 0 Å². The van der Waals surface area contributed by atoms with Gasteiger partial charge in [-0.2, -0.15) is 0 Å². The number of nitrogen functional groups attached to an aromatic ring is 1. The zero-order valence-corrected chi connectivity index (χ0v) is 18.3. The Bertz CT molecular complexity index is 1170. The van der Waals surface area contributed by atoms with E-state index >= 15 is 0 Å². The van der Waals surface area contributed by atoms with Crippen molar-refractivity contribution in [1.82, 2.24) is 9.97 Å². The number of carbonyl (C=O) groups is 1. The first-order valence-electron chi connectivity index (χ1n) is 10.5. The lowest BCUT2D eigenvalue weighted by molar-refractivity contribution is -0.117. The van der Waals surface area contributed by atoms with Crippen molar-refractivity contribution >= 4 is 40.1 Å². The fourth-order valence-corrected chi connectivity index (χ4v) is 3.87. The lowest BCUT2D eigenvalue weighted by atomic mass is 9.98. The molecular formula is C24H28N6O. The second-order valence-electron chi connectivity index (χ2n) is 8.42. The van der Waals surface area contributed by atoms with Gasteiger partial charge >= 0.3 is 0 Å². The summed E-state index contributed by atoms with van der Waals surface area (Å²) in [6.45, 7) is 6.27. The molecule has 4 N–H and O–H groups in total. The van der Waals surface area contributed by atoms with Crippen LogP contribution in [0.1, 0.15) is 25.8 Å². The summed E-state index contributed by atoms with van der Waals surface area (Å²) in [5.74, 6) is 0.712. The normalized spacial score (nSPS) is 18.0. The van der Waals surface area contributed by atoms with Gasteiger partial charge in [0.1, 0.15) is 5.82 Å². The fraction of sp³-hybridized carbons (Fsp3) is 0.333. The van der Waals surface area contributed by atoms with E-state index in [1.807, 2.05) is 30.7 Å². The van der Waals surface area contributed by atoms with E-state index < -0.39 is 0 Å². The van der Waals surface area contributed by atoms with Crippen molar-refractivity contribution in [3.05, 3.63) is 42.4 Å². The maximum atomic E-state index is 12.5. The quantitative estimate of drug-likeness (QED) is 0.411. The lowest BCUT2D eigenvalue weighted by Gasteiger charge is -2.16. The van der Waals surface area contributed by atoms with Gasteiger partial charge in [0, 0.05) is 60.2 Å². The lowest BCUT2D eigenvalue weighted by Crippen LogP contribution is -2.15. The van der Waals surface area contributed by atoms with Crippen LogP contribution in [0.4, 0.5) is 17.2 Å². The van der Waals surface area contributed by atoms with Crippen LogP contribution in [-0.2, 0) is 4.79 Å². The molecule has 0 bridgehead atoms. The second kappa shape index (κ2) is 8.34. The monoisotopic (exact) mass is 416 g/mol. The van der Waals surface area contributed by atoms with Gasteiger partial charge in [-0.3, -0.25) is 9.78 Å². The van der Waals surface area contributed by atoms with Crippen LogP contribution in [0.3, 0.4) is 0 Å². The number of carbonyl (C=O) groups excluding carboxylic acids is 1. The summed E-state index contributed by atoms with van der Waals surface area (Å²) in [5, 5.41) is 8.14. The highest BCUT2D eigenvalue weighted by Gasteiger charge is 2.41. The molecule has 7 nitrogen and oxygen atoms in total. The molecule has 3 aromatic rings. The van der Waals surface area contributed by atoms with Crippen LogP contribution in [0.25, 0.3) is 21.9 Å². The number of rotatable bonds is 6. The Morgan fingerprint density at radius 3 is 2.81 bits per heavy atom. The number of nitrogens with two attached hydrogens (primary N) is 1. The number of nitrogens with one attached hydrogen (secondary N) is 2. The molecule has 2 aromatic heterocycles. The molecule has 1 amide bonds. The van der Waals surface area contributed by atoms with E-state index in [1.165, 1.54) is 0 Å².